The average molecular weight is 591 g/mol. The van der Waals surface area contributed by atoms with Gasteiger partial charge in [-0.1, -0.05) is 18.2 Å². The Kier molecular flexibility index (Phi) is 12.7. The molecule has 0 aliphatic heterocycles. The fourth-order valence-electron chi connectivity index (χ4n) is 4.13. The van der Waals surface area contributed by atoms with Crippen molar-refractivity contribution in [3.05, 3.63) is 36.0 Å². The fourth-order valence-corrected chi connectivity index (χ4v) is 4.13. The number of nitrogens with zero attached hydrogens (tertiary/aromatic N) is 1. The van der Waals surface area contributed by atoms with Crippen LogP contribution in [0.2, 0.25) is 0 Å². The third kappa shape index (κ3) is 10.4. The number of aliphatic carboxylic acids is 2. The number of benzene rings is 1. The van der Waals surface area contributed by atoms with E-state index in [0.717, 1.165) is 16.5 Å². The van der Waals surface area contributed by atoms with Crippen LogP contribution in [0.3, 0.4) is 0 Å². The van der Waals surface area contributed by atoms with Crippen LogP contribution in [0, 0.1) is 0 Å². The number of amides is 3. The molecular weight excluding hydrogens is 552 g/mol. The monoisotopic (exact) mass is 590 g/mol. The van der Waals surface area contributed by atoms with E-state index in [1.165, 1.54) is 6.92 Å². The van der Waals surface area contributed by atoms with Gasteiger partial charge in [-0.05, 0) is 44.2 Å². The van der Waals surface area contributed by atoms with E-state index in [-0.39, 0.29) is 38.2 Å². The van der Waals surface area contributed by atoms with E-state index in [9.17, 15) is 34.2 Å². The number of hydrogen-bond donors (Lipinski definition) is 10. The fraction of sp³-hybridized carbons (Fsp3) is 0.462. The zero-order chi connectivity index (χ0) is 31.4. The average Bonchev–Trinajstić information content (AvgIpc) is 3.32. The first-order valence-corrected chi connectivity index (χ1v) is 13.2. The van der Waals surface area contributed by atoms with E-state index >= 15 is 0 Å². The van der Waals surface area contributed by atoms with Gasteiger partial charge in [-0.2, -0.15) is 0 Å². The molecule has 0 saturated carbocycles. The second kappa shape index (κ2) is 15.9. The highest BCUT2D eigenvalue weighted by atomic mass is 16.4. The second-order valence-electron chi connectivity index (χ2n) is 9.74. The summed E-state index contributed by atoms with van der Waals surface area (Å²) in [4.78, 5) is 68.5. The number of nitrogens with one attached hydrogen (secondary N) is 4. The number of carbonyl (C=O) groups is 5. The molecule has 5 atom stereocenters. The maximum atomic E-state index is 13.1. The highest BCUT2D eigenvalue weighted by Crippen LogP contribution is 2.19. The molecule has 0 radical (unpaired) electrons. The first-order valence-electron chi connectivity index (χ1n) is 13.2. The summed E-state index contributed by atoms with van der Waals surface area (Å²) in [6.45, 7) is 1.31. The van der Waals surface area contributed by atoms with Crippen molar-refractivity contribution in [2.24, 2.45) is 22.2 Å². The van der Waals surface area contributed by atoms with Crippen molar-refractivity contribution in [2.75, 3.05) is 6.54 Å². The van der Waals surface area contributed by atoms with Crippen molar-refractivity contribution < 1.29 is 39.3 Å². The molecule has 13 N–H and O–H groups in total. The van der Waals surface area contributed by atoms with Crippen LogP contribution >= 0.6 is 0 Å². The Balaban J connectivity index is 2.10. The molecule has 2 rings (SSSR count). The Morgan fingerprint density at radius 2 is 1.62 bits per heavy atom. The number of rotatable bonds is 17. The summed E-state index contributed by atoms with van der Waals surface area (Å²) in [6, 6.07) is 1.86. The number of aromatic nitrogens is 1. The lowest BCUT2D eigenvalue weighted by Gasteiger charge is -2.26. The lowest BCUT2D eigenvalue weighted by atomic mass is 10.0. The minimum atomic E-state index is -1.62. The number of fused-ring (bicyclic) bond motifs is 1. The van der Waals surface area contributed by atoms with Crippen molar-refractivity contribution in [1.29, 1.82) is 0 Å². The van der Waals surface area contributed by atoms with Gasteiger partial charge in [0.05, 0.1) is 12.1 Å². The minimum absolute atomic E-state index is 0.0516. The largest absolute Gasteiger partial charge is 0.481 e. The van der Waals surface area contributed by atoms with Crippen LogP contribution in [0.5, 0.6) is 0 Å². The molecule has 16 heteroatoms. The molecule has 0 spiro atoms. The number of aliphatic hydroxyl groups is 1. The Hall–Kier alpha value is -4.70. The number of guanidine groups is 1. The molecule has 0 bridgehead atoms. The molecule has 5 unspecified atom stereocenters. The van der Waals surface area contributed by atoms with Gasteiger partial charge < -0.3 is 53.5 Å². The molecule has 2 aromatic rings. The molecule has 0 aliphatic rings. The normalized spacial score (nSPS) is 14.5. The number of carboxylic acid groups (broad SMARTS) is 2. The standard InChI is InChI=1S/C26H38N8O8/c1-13(35)21(24(40)33-19(25(41)42)7-4-10-30-26(28)29)34-23(39)18(8-9-20(36)37)32-22(38)16(27)11-14-12-31-17-6-3-2-5-15(14)17/h2-3,5-6,12-13,16,18-19,21,31,35H,4,7-11,27H2,1H3,(H,32,38)(H,33,40)(H,34,39)(H,36,37)(H,41,42)(H4,28,29,30). The van der Waals surface area contributed by atoms with Crippen LogP contribution < -0.4 is 33.2 Å². The van der Waals surface area contributed by atoms with Crippen molar-refractivity contribution in [1.82, 2.24) is 20.9 Å². The Bertz CT molecular complexity index is 1290. The predicted molar refractivity (Wildman–Crippen MR) is 152 cm³/mol. The maximum Gasteiger partial charge on any atom is 0.326 e. The molecular formula is C26H38N8O8. The van der Waals surface area contributed by atoms with Crippen LogP contribution in [0.15, 0.2) is 35.5 Å². The van der Waals surface area contributed by atoms with Gasteiger partial charge in [0.15, 0.2) is 5.96 Å². The third-order valence-corrected chi connectivity index (χ3v) is 6.35. The third-order valence-electron chi connectivity index (χ3n) is 6.35. The Morgan fingerprint density at radius 1 is 0.952 bits per heavy atom. The summed E-state index contributed by atoms with van der Waals surface area (Å²) in [5.41, 5.74) is 18.2. The Morgan fingerprint density at radius 3 is 2.24 bits per heavy atom. The van der Waals surface area contributed by atoms with Crippen molar-refractivity contribution in [3.63, 3.8) is 0 Å². The predicted octanol–water partition coefficient (Wildman–Crippen LogP) is -2.12. The number of aliphatic hydroxyl groups excluding tert-OH is 1. The van der Waals surface area contributed by atoms with E-state index in [1.807, 2.05) is 24.3 Å². The van der Waals surface area contributed by atoms with Gasteiger partial charge in [0, 0.05) is 30.1 Å². The summed E-state index contributed by atoms with van der Waals surface area (Å²) < 4.78 is 0. The van der Waals surface area contributed by atoms with Gasteiger partial charge in [0.2, 0.25) is 17.7 Å². The quantitative estimate of drug-likeness (QED) is 0.0539. The van der Waals surface area contributed by atoms with Gasteiger partial charge in [0.25, 0.3) is 0 Å². The highest BCUT2D eigenvalue weighted by molar-refractivity contribution is 5.95. The first kappa shape index (κ1) is 33.5. The lowest BCUT2D eigenvalue weighted by molar-refractivity contribution is -0.143. The SMILES string of the molecule is CC(O)C(NC(=O)C(CCC(=O)O)NC(=O)C(N)Cc1c[nH]c2ccccc12)C(=O)NC(CCCN=C(N)N)C(=O)O. The zero-order valence-corrected chi connectivity index (χ0v) is 23.1. The molecule has 0 saturated heterocycles. The van der Waals surface area contributed by atoms with Gasteiger partial charge in [-0.25, -0.2) is 4.79 Å². The van der Waals surface area contributed by atoms with Crippen molar-refractivity contribution in [3.8, 4) is 0 Å². The van der Waals surface area contributed by atoms with E-state index in [0.29, 0.717) is 0 Å². The zero-order valence-electron chi connectivity index (χ0n) is 23.1. The molecule has 3 amide bonds. The number of hydrogen-bond acceptors (Lipinski definition) is 8. The van der Waals surface area contributed by atoms with Crippen molar-refractivity contribution >= 4 is 46.5 Å². The highest BCUT2D eigenvalue weighted by Gasteiger charge is 2.33. The summed E-state index contributed by atoms with van der Waals surface area (Å²) in [5.74, 6) is -5.49. The summed E-state index contributed by atoms with van der Waals surface area (Å²) >= 11 is 0. The molecule has 0 aliphatic carbocycles. The number of carboxylic acids is 2. The Labute approximate surface area is 241 Å². The minimum Gasteiger partial charge on any atom is -0.481 e. The molecule has 16 nitrogen and oxygen atoms in total. The van der Waals surface area contributed by atoms with Crippen LogP contribution in [-0.2, 0) is 30.4 Å². The van der Waals surface area contributed by atoms with Gasteiger partial charge in [-0.15, -0.1) is 0 Å². The smallest absolute Gasteiger partial charge is 0.326 e. The lowest BCUT2D eigenvalue weighted by Crippen LogP contribution is -2.60. The van der Waals surface area contributed by atoms with Crippen LogP contribution in [0.1, 0.15) is 38.2 Å². The number of nitrogens with two attached hydrogens (primary N) is 3. The van der Waals surface area contributed by atoms with Gasteiger partial charge >= 0.3 is 11.9 Å². The number of carbonyl (C=O) groups excluding carboxylic acids is 3. The summed E-state index contributed by atoms with van der Waals surface area (Å²) in [5, 5.41) is 36.6. The molecule has 1 aromatic heterocycles. The van der Waals surface area contributed by atoms with Crippen LogP contribution in [0.4, 0.5) is 0 Å². The van der Waals surface area contributed by atoms with E-state index < -0.39 is 66.4 Å². The van der Waals surface area contributed by atoms with Crippen LogP contribution in [0.25, 0.3) is 10.9 Å². The number of aromatic amines is 1. The number of aliphatic imine (C=N–C) groups is 1. The molecule has 1 heterocycles. The van der Waals surface area contributed by atoms with E-state index in [1.54, 1.807) is 6.20 Å². The van der Waals surface area contributed by atoms with E-state index in [2.05, 4.69) is 25.9 Å². The first-order chi connectivity index (χ1) is 19.8. The number of H-pyrrole nitrogens is 1. The van der Waals surface area contributed by atoms with Crippen LogP contribution in [-0.4, -0.2) is 92.7 Å². The number of para-hydroxylation sites is 1. The molecule has 230 valence electrons. The second-order valence-corrected chi connectivity index (χ2v) is 9.74. The molecule has 42 heavy (non-hydrogen) atoms. The molecule has 1 aromatic carbocycles. The summed E-state index contributed by atoms with van der Waals surface area (Å²) in [6.07, 6.45) is -0.343. The maximum absolute atomic E-state index is 13.1. The van der Waals surface area contributed by atoms with Gasteiger partial charge in [0.1, 0.15) is 18.1 Å². The van der Waals surface area contributed by atoms with E-state index in [4.69, 9.17) is 22.3 Å². The topological polar surface area (TPSA) is 288 Å². The van der Waals surface area contributed by atoms with Gasteiger partial charge in [-0.3, -0.25) is 24.2 Å². The summed E-state index contributed by atoms with van der Waals surface area (Å²) in [7, 11) is 0. The van der Waals surface area contributed by atoms with Crippen molar-refractivity contribution in [2.45, 2.75) is 69.3 Å². The molecule has 0 fully saturated rings.